The molecule has 18 heavy (non-hydrogen) atoms. The van der Waals surface area contributed by atoms with Crippen molar-refractivity contribution >= 4 is 17.9 Å². The summed E-state index contributed by atoms with van der Waals surface area (Å²) in [5.74, 6) is 0.713. The van der Waals surface area contributed by atoms with Gasteiger partial charge in [-0.2, -0.15) is 5.10 Å². The van der Waals surface area contributed by atoms with Crippen molar-refractivity contribution in [3.8, 4) is 11.4 Å². The fraction of sp³-hybridized carbons (Fsp3) is 0.231. The van der Waals surface area contributed by atoms with Gasteiger partial charge in [0.15, 0.2) is 6.29 Å². The van der Waals surface area contributed by atoms with E-state index in [1.54, 1.807) is 11.8 Å². The summed E-state index contributed by atoms with van der Waals surface area (Å²) in [7, 11) is 1.60. The smallest absolute Gasteiger partial charge is 0.155 e. The van der Waals surface area contributed by atoms with E-state index < -0.39 is 0 Å². The second kappa shape index (κ2) is 5.23. The third-order valence-electron chi connectivity index (χ3n) is 2.69. The van der Waals surface area contributed by atoms with Crippen molar-refractivity contribution in [2.75, 3.05) is 7.11 Å². The minimum Gasteiger partial charge on any atom is -0.497 e. The van der Waals surface area contributed by atoms with Crippen LogP contribution in [0.25, 0.3) is 5.69 Å². The number of carbonyl (C=O) groups is 1. The summed E-state index contributed by atoms with van der Waals surface area (Å²) in [6, 6.07) is 7.35. The Morgan fingerprint density at radius 3 is 2.83 bits per heavy atom. The molecule has 1 aromatic carbocycles. The van der Waals surface area contributed by atoms with Crippen LogP contribution < -0.4 is 4.74 Å². The summed E-state index contributed by atoms with van der Waals surface area (Å²) >= 11 is 6.17. The third-order valence-corrected chi connectivity index (χ3v) is 3.05. The first-order valence-electron chi connectivity index (χ1n) is 5.58. The molecule has 1 aromatic heterocycles. The standard InChI is InChI=1S/C13H13ClN2O2/c1-3-12-11(8-17)13(14)16(15-12)9-5-4-6-10(7-9)18-2/h4-8H,3H2,1-2H3. The fourth-order valence-corrected chi connectivity index (χ4v) is 2.03. The number of aromatic nitrogens is 2. The Hall–Kier alpha value is -1.81. The highest BCUT2D eigenvalue weighted by Gasteiger charge is 2.15. The Morgan fingerprint density at radius 2 is 2.28 bits per heavy atom. The highest BCUT2D eigenvalue weighted by atomic mass is 35.5. The number of aryl methyl sites for hydroxylation is 1. The maximum atomic E-state index is 11.0. The first kappa shape index (κ1) is 12.6. The molecule has 0 N–H and O–H groups in total. The molecular formula is C13H13ClN2O2. The van der Waals surface area contributed by atoms with Gasteiger partial charge in [-0.1, -0.05) is 24.6 Å². The minimum absolute atomic E-state index is 0.329. The van der Waals surface area contributed by atoms with Crippen molar-refractivity contribution in [3.05, 3.63) is 40.7 Å². The zero-order valence-corrected chi connectivity index (χ0v) is 10.9. The summed E-state index contributed by atoms with van der Waals surface area (Å²) < 4.78 is 6.70. The van der Waals surface area contributed by atoms with E-state index in [-0.39, 0.29) is 0 Å². The van der Waals surface area contributed by atoms with Gasteiger partial charge in [0.05, 0.1) is 24.1 Å². The average Bonchev–Trinajstić information content (AvgIpc) is 2.75. The first-order chi connectivity index (χ1) is 8.71. The Balaban J connectivity index is 2.56. The number of halogens is 1. The topological polar surface area (TPSA) is 44.1 Å². The second-order valence-corrected chi connectivity index (χ2v) is 4.09. The second-order valence-electron chi connectivity index (χ2n) is 3.74. The molecular weight excluding hydrogens is 252 g/mol. The number of ether oxygens (including phenoxy) is 1. The molecule has 0 fully saturated rings. The Morgan fingerprint density at radius 1 is 1.50 bits per heavy atom. The Labute approximate surface area is 110 Å². The number of hydrogen-bond donors (Lipinski definition) is 0. The number of aldehydes is 1. The van der Waals surface area contributed by atoms with Crippen LogP contribution in [0.1, 0.15) is 23.0 Å². The quantitative estimate of drug-likeness (QED) is 0.798. The summed E-state index contributed by atoms with van der Waals surface area (Å²) in [5.41, 5.74) is 1.90. The molecule has 1 heterocycles. The maximum absolute atomic E-state index is 11.0. The van der Waals surface area contributed by atoms with Crippen LogP contribution in [0.5, 0.6) is 5.75 Å². The van der Waals surface area contributed by atoms with Crippen molar-refractivity contribution < 1.29 is 9.53 Å². The van der Waals surface area contributed by atoms with Crippen LogP contribution in [-0.2, 0) is 6.42 Å². The predicted octanol–water partition coefficient (Wildman–Crippen LogP) is 2.91. The van der Waals surface area contributed by atoms with Gasteiger partial charge < -0.3 is 4.74 Å². The van der Waals surface area contributed by atoms with Gasteiger partial charge in [0.1, 0.15) is 10.9 Å². The number of carbonyl (C=O) groups excluding carboxylic acids is 1. The van der Waals surface area contributed by atoms with Crippen molar-refractivity contribution in [3.63, 3.8) is 0 Å². The lowest BCUT2D eigenvalue weighted by Gasteiger charge is -2.05. The Kier molecular flexibility index (Phi) is 3.67. The van der Waals surface area contributed by atoms with Crippen LogP contribution in [0, 0.1) is 0 Å². The molecule has 0 spiro atoms. The zero-order valence-electron chi connectivity index (χ0n) is 10.2. The van der Waals surface area contributed by atoms with E-state index in [0.29, 0.717) is 28.6 Å². The van der Waals surface area contributed by atoms with Gasteiger partial charge in [0.2, 0.25) is 0 Å². The van der Waals surface area contributed by atoms with E-state index in [1.807, 2.05) is 31.2 Å². The molecule has 0 aliphatic heterocycles. The normalized spacial score (nSPS) is 10.4. The molecule has 0 atom stereocenters. The first-order valence-corrected chi connectivity index (χ1v) is 5.96. The lowest BCUT2D eigenvalue weighted by molar-refractivity contribution is 0.112. The van der Waals surface area contributed by atoms with Crippen molar-refractivity contribution in [2.45, 2.75) is 13.3 Å². The molecule has 0 amide bonds. The number of benzene rings is 1. The predicted molar refractivity (Wildman–Crippen MR) is 69.9 cm³/mol. The van der Waals surface area contributed by atoms with Gasteiger partial charge in [-0.25, -0.2) is 4.68 Å². The monoisotopic (exact) mass is 264 g/mol. The van der Waals surface area contributed by atoms with E-state index in [1.165, 1.54) is 0 Å². The molecule has 5 heteroatoms. The Bertz CT molecular complexity index is 578. The number of hydrogen-bond acceptors (Lipinski definition) is 3. The van der Waals surface area contributed by atoms with Crippen LogP contribution in [0.15, 0.2) is 24.3 Å². The maximum Gasteiger partial charge on any atom is 0.155 e. The molecule has 0 saturated carbocycles. The molecule has 0 bridgehead atoms. The molecule has 0 saturated heterocycles. The molecule has 94 valence electrons. The number of nitrogens with zero attached hydrogens (tertiary/aromatic N) is 2. The van der Waals surface area contributed by atoms with Gasteiger partial charge in [-0.05, 0) is 18.6 Å². The van der Waals surface area contributed by atoms with Crippen LogP contribution in [0.3, 0.4) is 0 Å². The third kappa shape index (κ3) is 2.11. The molecule has 0 aliphatic carbocycles. The van der Waals surface area contributed by atoms with Crippen molar-refractivity contribution in [1.82, 2.24) is 9.78 Å². The van der Waals surface area contributed by atoms with Gasteiger partial charge in [-0.3, -0.25) is 4.79 Å². The molecule has 0 aliphatic rings. The molecule has 2 aromatic rings. The van der Waals surface area contributed by atoms with E-state index in [4.69, 9.17) is 16.3 Å². The van der Waals surface area contributed by atoms with Crippen LogP contribution >= 0.6 is 11.6 Å². The van der Waals surface area contributed by atoms with Gasteiger partial charge in [-0.15, -0.1) is 0 Å². The van der Waals surface area contributed by atoms with E-state index in [0.717, 1.165) is 12.0 Å². The SMILES string of the molecule is CCc1nn(-c2cccc(OC)c2)c(Cl)c1C=O. The fourth-order valence-electron chi connectivity index (χ4n) is 1.74. The zero-order chi connectivity index (χ0) is 13.1. The van der Waals surface area contributed by atoms with Gasteiger partial charge in [0, 0.05) is 6.07 Å². The number of methoxy groups -OCH3 is 1. The average molecular weight is 265 g/mol. The lowest BCUT2D eigenvalue weighted by atomic mass is 10.2. The summed E-state index contributed by atoms with van der Waals surface area (Å²) in [5, 5.41) is 4.67. The summed E-state index contributed by atoms with van der Waals surface area (Å²) in [6.07, 6.45) is 1.40. The van der Waals surface area contributed by atoms with Crippen LogP contribution in [-0.4, -0.2) is 23.2 Å². The molecule has 2 rings (SSSR count). The van der Waals surface area contributed by atoms with Crippen LogP contribution in [0.4, 0.5) is 0 Å². The van der Waals surface area contributed by atoms with Gasteiger partial charge >= 0.3 is 0 Å². The molecule has 0 unspecified atom stereocenters. The van der Waals surface area contributed by atoms with E-state index in [9.17, 15) is 4.79 Å². The molecule has 0 radical (unpaired) electrons. The van der Waals surface area contributed by atoms with Crippen LogP contribution in [0.2, 0.25) is 5.15 Å². The number of rotatable bonds is 4. The molecule has 4 nitrogen and oxygen atoms in total. The van der Waals surface area contributed by atoms with Crippen molar-refractivity contribution in [1.29, 1.82) is 0 Å². The minimum atomic E-state index is 0.329. The largest absolute Gasteiger partial charge is 0.497 e. The van der Waals surface area contributed by atoms with E-state index >= 15 is 0 Å². The van der Waals surface area contributed by atoms with E-state index in [2.05, 4.69) is 5.10 Å². The highest BCUT2D eigenvalue weighted by molar-refractivity contribution is 6.32. The summed E-state index contributed by atoms with van der Waals surface area (Å²) in [6.45, 7) is 1.93. The van der Waals surface area contributed by atoms with Gasteiger partial charge in [0.25, 0.3) is 0 Å². The highest BCUT2D eigenvalue weighted by Crippen LogP contribution is 2.24. The van der Waals surface area contributed by atoms with Crippen molar-refractivity contribution in [2.24, 2.45) is 0 Å². The summed E-state index contributed by atoms with van der Waals surface area (Å²) in [4.78, 5) is 11.0. The lowest BCUT2D eigenvalue weighted by Crippen LogP contribution is -1.97.